The highest BCUT2D eigenvalue weighted by Crippen LogP contribution is 2.38. The normalized spacial score (nSPS) is 15.3. The molecule has 0 aromatic heterocycles. The van der Waals surface area contributed by atoms with E-state index in [4.69, 9.17) is 16.3 Å². The molecule has 4 amide bonds. The minimum atomic E-state index is -0.973. The van der Waals surface area contributed by atoms with Crippen LogP contribution in [0, 0.1) is 17.0 Å². The molecule has 11 heteroatoms. The van der Waals surface area contributed by atoms with Crippen molar-refractivity contribution in [3.8, 4) is 11.5 Å². The van der Waals surface area contributed by atoms with Crippen LogP contribution in [0.5, 0.6) is 11.5 Å². The first-order chi connectivity index (χ1) is 14.6. The first-order valence-electron chi connectivity index (χ1n) is 8.96. The Morgan fingerprint density at radius 3 is 2.65 bits per heavy atom. The van der Waals surface area contributed by atoms with Gasteiger partial charge in [-0.3, -0.25) is 25.0 Å². The lowest BCUT2D eigenvalue weighted by molar-refractivity contribution is -0.386. The highest BCUT2D eigenvalue weighted by molar-refractivity contribution is 6.40. The highest BCUT2D eigenvalue weighted by atomic mass is 35.5. The van der Waals surface area contributed by atoms with Gasteiger partial charge in [0.15, 0.2) is 5.75 Å². The predicted octanol–water partition coefficient (Wildman–Crippen LogP) is 3.33. The van der Waals surface area contributed by atoms with Crippen LogP contribution < -0.4 is 15.0 Å². The molecule has 0 saturated carbocycles. The van der Waals surface area contributed by atoms with E-state index in [2.05, 4.69) is 5.32 Å². The van der Waals surface area contributed by atoms with Gasteiger partial charge in [-0.25, -0.2) is 9.69 Å². The highest BCUT2D eigenvalue weighted by Gasteiger charge is 2.37. The Morgan fingerprint density at radius 1 is 1.29 bits per heavy atom. The topological polar surface area (TPSA) is 139 Å². The number of benzene rings is 2. The lowest BCUT2D eigenvalue weighted by atomic mass is 10.0. The number of ether oxygens (including phenoxy) is 1. The van der Waals surface area contributed by atoms with Crippen LogP contribution in [0.25, 0.3) is 6.08 Å². The average molecular weight is 446 g/mol. The zero-order chi connectivity index (χ0) is 22.9. The maximum absolute atomic E-state index is 13.0. The Bertz CT molecular complexity index is 1160. The van der Waals surface area contributed by atoms with Crippen LogP contribution in [-0.2, 0) is 9.59 Å². The molecule has 10 nitrogen and oxygen atoms in total. The lowest BCUT2D eigenvalue weighted by Gasteiger charge is -2.27. The van der Waals surface area contributed by atoms with Crippen molar-refractivity contribution in [3.05, 3.63) is 62.2 Å². The van der Waals surface area contributed by atoms with E-state index < -0.39 is 39.8 Å². The number of hydrogen-bond acceptors (Lipinski definition) is 7. The molecule has 0 unspecified atom stereocenters. The monoisotopic (exact) mass is 445 g/mol. The number of phenolic OH excluding ortho intramolecular Hbond substituents is 1. The Hall–Kier alpha value is -3.92. The Kier molecular flexibility index (Phi) is 5.93. The van der Waals surface area contributed by atoms with Gasteiger partial charge in [-0.15, -0.1) is 0 Å². The number of nitro groups is 1. The number of carbonyl (C=O) groups excluding carboxylic acids is 3. The summed E-state index contributed by atoms with van der Waals surface area (Å²) in [6.07, 6.45) is 1.08. The van der Waals surface area contributed by atoms with Crippen LogP contribution in [0.3, 0.4) is 0 Å². The number of nitro benzene ring substituents is 1. The van der Waals surface area contributed by atoms with Crippen molar-refractivity contribution in [3.63, 3.8) is 0 Å². The van der Waals surface area contributed by atoms with Crippen molar-refractivity contribution in [2.24, 2.45) is 0 Å². The number of nitrogens with zero attached hydrogens (tertiary/aromatic N) is 2. The zero-order valence-corrected chi connectivity index (χ0v) is 17.1. The first-order valence-corrected chi connectivity index (χ1v) is 9.34. The van der Waals surface area contributed by atoms with Gasteiger partial charge in [-0.2, -0.15) is 0 Å². The quantitative estimate of drug-likeness (QED) is 0.311. The summed E-state index contributed by atoms with van der Waals surface area (Å²) < 4.78 is 5.20. The third-order valence-electron chi connectivity index (χ3n) is 4.47. The second kappa shape index (κ2) is 8.44. The van der Waals surface area contributed by atoms with Crippen molar-refractivity contribution in [1.82, 2.24) is 5.32 Å². The van der Waals surface area contributed by atoms with Crippen LogP contribution in [0.1, 0.15) is 18.1 Å². The molecular weight excluding hydrogens is 430 g/mol. The van der Waals surface area contributed by atoms with Gasteiger partial charge >= 0.3 is 11.7 Å². The van der Waals surface area contributed by atoms with E-state index in [1.807, 2.05) is 0 Å². The van der Waals surface area contributed by atoms with Crippen LogP contribution in [-0.4, -0.2) is 34.5 Å². The van der Waals surface area contributed by atoms with Gasteiger partial charge in [0.2, 0.25) is 5.75 Å². The molecule has 0 bridgehead atoms. The minimum Gasteiger partial charge on any atom is -0.500 e. The zero-order valence-electron chi connectivity index (χ0n) is 16.3. The number of barbiturate groups is 1. The Labute approximate surface area is 180 Å². The molecule has 1 fully saturated rings. The van der Waals surface area contributed by atoms with Crippen LogP contribution >= 0.6 is 11.6 Å². The first kappa shape index (κ1) is 21.8. The fraction of sp³-hybridized carbons (Fsp3) is 0.150. The standard InChI is InChI=1S/C20H16ClN3O7/c1-3-31-16-9-11(8-15(17(16)25)24(29)30)7-12-18(26)22-20(28)23(19(12)27)14-6-4-5-13(21)10(14)2/h4-9,25H,3H2,1-2H3,(H,22,26,28)/b12-7-. The van der Waals surface area contributed by atoms with Gasteiger partial charge in [0, 0.05) is 11.1 Å². The summed E-state index contributed by atoms with van der Waals surface area (Å²) in [7, 11) is 0. The molecular formula is C20H16ClN3O7. The summed E-state index contributed by atoms with van der Waals surface area (Å²) in [5.41, 5.74) is -0.439. The number of urea groups is 1. The average Bonchev–Trinajstić information content (AvgIpc) is 2.70. The number of carbonyl (C=O) groups is 3. The van der Waals surface area contributed by atoms with E-state index in [0.29, 0.717) is 10.6 Å². The molecule has 1 heterocycles. The maximum atomic E-state index is 13.0. The van der Waals surface area contributed by atoms with Crippen LogP contribution in [0.4, 0.5) is 16.2 Å². The van der Waals surface area contributed by atoms with Crippen molar-refractivity contribution in [2.75, 3.05) is 11.5 Å². The molecule has 3 rings (SSSR count). The summed E-state index contributed by atoms with van der Waals surface area (Å²) >= 11 is 6.08. The number of aromatic hydroxyl groups is 1. The number of amides is 4. The number of phenols is 1. The molecule has 160 valence electrons. The van der Waals surface area contributed by atoms with Gasteiger partial charge in [0.1, 0.15) is 5.57 Å². The van der Waals surface area contributed by atoms with Gasteiger partial charge < -0.3 is 9.84 Å². The van der Waals surface area contributed by atoms with E-state index in [-0.39, 0.29) is 23.6 Å². The molecule has 2 aromatic rings. The molecule has 31 heavy (non-hydrogen) atoms. The summed E-state index contributed by atoms with van der Waals surface area (Å²) in [6.45, 7) is 3.33. The van der Waals surface area contributed by atoms with Crippen molar-refractivity contribution >= 4 is 46.9 Å². The fourth-order valence-corrected chi connectivity index (χ4v) is 3.15. The molecule has 0 radical (unpaired) electrons. The third-order valence-corrected chi connectivity index (χ3v) is 4.88. The van der Waals surface area contributed by atoms with E-state index in [1.54, 1.807) is 26.0 Å². The molecule has 1 aliphatic heterocycles. The SMILES string of the molecule is CCOc1cc(/C=C2/C(=O)NC(=O)N(c3cccc(Cl)c3C)C2=O)cc([N+](=O)[O-])c1O. The van der Waals surface area contributed by atoms with Crippen LogP contribution in [0.15, 0.2) is 35.9 Å². The van der Waals surface area contributed by atoms with Gasteiger partial charge in [0.05, 0.1) is 17.2 Å². The second-order valence-electron chi connectivity index (χ2n) is 6.42. The summed E-state index contributed by atoms with van der Waals surface area (Å²) in [6, 6.07) is 5.89. The van der Waals surface area contributed by atoms with E-state index in [1.165, 1.54) is 12.1 Å². The smallest absolute Gasteiger partial charge is 0.335 e. The number of halogens is 1. The number of hydrogen-bond donors (Lipinski definition) is 2. The van der Waals surface area contributed by atoms with Gasteiger partial charge in [-0.1, -0.05) is 17.7 Å². The van der Waals surface area contributed by atoms with Gasteiger partial charge in [-0.05, 0) is 49.2 Å². The van der Waals surface area contributed by atoms with Crippen molar-refractivity contribution < 1.29 is 29.2 Å². The number of imide groups is 2. The number of rotatable bonds is 5. The molecule has 1 saturated heterocycles. The second-order valence-corrected chi connectivity index (χ2v) is 6.83. The van der Waals surface area contributed by atoms with Crippen molar-refractivity contribution in [2.45, 2.75) is 13.8 Å². The maximum Gasteiger partial charge on any atom is 0.335 e. The third kappa shape index (κ3) is 4.05. The largest absolute Gasteiger partial charge is 0.500 e. The molecule has 0 atom stereocenters. The summed E-state index contributed by atoms with van der Waals surface area (Å²) in [5.74, 6) is -2.78. The fourth-order valence-electron chi connectivity index (χ4n) is 2.98. The van der Waals surface area contributed by atoms with Crippen molar-refractivity contribution in [1.29, 1.82) is 0 Å². The molecule has 1 aliphatic rings. The molecule has 0 aliphatic carbocycles. The van der Waals surface area contributed by atoms with Gasteiger partial charge in [0.25, 0.3) is 11.8 Å². The van der Waals surface area contributed by atoms with E-state index in [0.717, 1.165) is 17.0 Å². The summed E-state index contributed by atoms with van der Waals surface area (Å²) in [4.78, 5) is 48.9. The van der Waals surface area contributed by atoms with E-state index in [9.17, 15) is 29.6 Å². The van der Waals surface area contributed by atoms with E-state index >= 15 is 0 Å². The molecule has 0 spiro atoms. The van der Waals surface area contributed by atoms with Crippen LogP contribution in [0.2, 0.25) is 5.02 Å². The Balaban J connectivity index is 2.12. The number of nitrogens with one attached hydrogen (secondary N) is 1. The minimum absolute atomic E-state index is 0.0450. The predicted molar refractivity (Wildman–Crippen MR) is 111 cm³/mol. The Morgan fingerprint density at radius 2 is 2.00 bits per heavy atom. The molecule has 2 aromatic carbocycles. The molecule has 2 N–H and O–H groups in total. The lowest BCUT2D eigenvalue weighted by Crippen LogP contribution is -2.54. The summed E-state index contributed by atoms with van der Waals surface area (Å²) in [5, 5.41) is 23.6. The number of anilines is 1.